The van der Waals surface area contributed by atoms with Gasteiger partial charge in [0.25, 0.3) is 0 Å². The van der Waals surface area contributed by atoms with Gasteiger partial charge in [0.2, 0.25) is 11.8 Å². The van der Waals surface area contributed by atoms with Crippen molar-refractivity contribution in [1.82, 2.24) is 10.2 Å². The lowest BCUT2D eigenvalue weighted by atomic mass is 9.96. The molecule has 2 aliphatic rings. The van der Waals surface area contributed by atoms with Crippen LogP contribution in [0.1, 0.15) is 32.6 Å². The van der Waals surface area contributed by atoms with Crippen LogP contribution in [0.5, 0.6) is 0 Å². The van der Waals surface area contributed by atoms with Crippen LogP contribution in [0, 0.1) is 11.8 Å². The number of amides is 2. The van der Waals surface area contributed by atoms with Gasteiger partial charge >= 0.3 is 0 Å². The maximum Gasteiger partial charge on any atom is 0.227 e. The summed E-state index contributed by atoms with van der Waals surface area (Å²) in [4.78, 5) is 25.7. The van der Waals surface area contributed by atoms with E-state index in [1.807, 2.05) is 4.90 Å². The van der Waals surface area contributed by atoms with Crippen LogP contribution in [-0.4, -0.2) is 49.6 Å². The predicted molar refractivity (Wildman–Crippen MR) is 71.5 cm³/mol. The van der Waals surface area contributed by atoms with Gasteiger partial charge in [-0.15, -0.1) is 0 Å². The minimum Gasteiger partial charge on any atom is -0.383 e. The molecule has 2 amide bonds. The topological polar surface area (TPSA) is 58.6 Å². The van der Waals surface area contributed by atoms with Crippen molar-refractivity contribution in [3.8, 4) is 0 Å². The first-order valence-electron chi connectivity index (χ1n) is 7.19. The molecule has 0 aromatic rings. The van der Waals surface area contributed by atoms with Crippen LogP contribution in [0.25, 0.3) is 0 Å². The molecule has 108 valence electrons. The first-order chi connectivity index (χ1) is 9.13. The van der Waals surface area contributed by atoms with Crippen molar-refractivity contribution in [3.05, 3.63) is 0 Å². The molecule has 2 rings (SSSR count). The van der Waals surface area contributed by atoms with E-state index < -0.39 is 0 Å². The molecule has 1 saturated heterocycles. The number of rotatable bonds is 6. The zero-order valence-electron chi connectivity index (χ0n) is 11.9. The summed E-state index contributed by atoms with van der Waals surface area (Å²) in [6.07, 6.45) is 3.58. The molecule has 0 radical (unpaired) electrons. The molecule has 0 aromatic carbocycles. The van der Waals surface area contributed by atoms with E-state index >= 15 is 0 Å². The molecule has 5 nitrogen and oxygen atoms in total. The first kappa shape index (κ1) is 14.3. The number of hydrogen-bond acceptors (Lipinski definition) is 3. The molecule has 2 atom stereocenters. The Balaban J connectivity index is 1.95. The third kappa shape index (κ3) is 3.69. The quantitative estimate of drug-likeness (QED) is 0.774. The lowest BCUT2D eigenvalue weighted by molar-refractivity contribution is -0.140. The van der Waals surface area contributed by atoms with Gasteiger partial charge in [0.15, 0.2) is 0 Å². The zero-order valence-corrected chi connectivity index (χ0v) is 11.9. The van der Waals surface area contributed by atoms with Crippen molar-refractivity contribution in [1.29, 1.82) is 0 Å². The fraction of sp³-hybridized carbons (Fsp3) is 0.857. The van der Waals surface area contributed by atoms with Gasteiger partial charge in [0.05, 0.1) is 12.5 Å². The molecule has 1 saturated carbocycles. The lowest BCUT2D eigenvalue weighted by Crippen LogP contribution is -2.49. The number of nitrogens with one attached hydrogen (secondary N) is 1. The Labute approximate surface area is 114 Å². The van der Waals surface area contributed by atoms with Crippen LogP contribution in [0.15, 0.2) is 0 Å². The van der Waals surface area contributed by atoms with Gasteiger partial charge in [-0.2, -0.15) is 0 Å². The average molecular weight is 268 g/mol. The fourth-order valence-electron chi connectivity index (χ4n) is 2.72. The molecular formula is C14H24N2O3. The normalized spacial score (nSPS) is 24.7. The van der Waals surface area contributed by atoms with Crippen LogP contribution >= 0.6 is 0 Å². The Morgan fingerprint density at radius 3 is 2.74 bits per heavy atom. The summed E-state index contributed by atoms with van der Waals surface area (Å²) in [6.45, 7) is 3.84. The van der Waals surface area contributed by atoms with E-state index in [9.17, 15) is 9.59 Å². The highest BCUT2D eigenvalue weighted by Crippen LogP contribution is 2.35. The molecule has 1 aliphatic carbocycles. The number of piperidine rings is 1. The molecular weight excluding hydrogens is 244 g/mol. The molecule has 5 heteroatoms. The average Bonchev–Trinajstić information content (AvgIpc) is 3.23. The summed E-state index contributed by atoms with van der Waals surface area (Å²) in [7, 11) is 1.66. The summed E-state index contributed by atoms with van der Waals surface area (Å²) >= 11 is 0. The number of hydrogen-bond donors (Lipinski definition) is 1. The predicted octanol–water partition coefficient (Wildman–Crippen LogP) is 0.786. The molecule has 1 aliphatic heterocycles. The van der Waals surface area contributed by atoms with Crippen molar-refractivity contribution >= 4 is 11.8 Å². The summed E-state index contributed by atoms with van der Waals surface area (Å²) in [6, 6.07) is 0.292. The van der Waals surface area contributed by atoms with Crippen molar-refractivity contribution in [2.75, 3.05) is 26.8 Å². The van der Waals surface area contributed by atoms with Crippen molar-refractivity contribution in [3.63, 3.8) is 0 Å². The van der Waals surface area contributed by atoms with Crippen molar-refractivity contribution < 1.29 is 14.3 Å². The van der Waals surface area contributed by atoms with Gasteiger partial charge in [0, 0.05) is 32.7 Å². The molecule has 0 spiro atoms. The molecule has 1 heterocycles. The van der Waals surface area contributed by atoms with Gasteiger partial charge < -0.3 is 15.0 Å². The Hall–Kier alpha value is -1.10. The van der Waals surface area contributed by atoms with Gasteiger partial charge in [-0.05, 0) is 32.1 Å². The third-order valence-corrected chi connectivity index (χ3v) is 4.23. The first-order valence-corrected chi connectivity index (χ1v) is 7.19. The van der Waals surface area contributed by atoms with Crippen LogP contribution < -0.4 is 5.32 Å². The summed E-state index contributed by atoms with van der Waals surface area (Å²) in [5, 5.41) is 2.79. The standard InChI is InChI=1S/C14H24N2O3/c1-10(11-3-4-11)16(7-8-19-2)14(18)12-5-6-13(17)15-9-12/h10-12H,3-9H2,1-2H3,(H,15,17). The second-order valence-corrected chi connectivity index (χ2v) is 5.64. The molecule has 2 unspecified atom stereocenters. The fourth-order valence-corrected chi connectivity index (χ4v) is 2.72. The second-order valence-electron chi connectivity index (χ2n) is 5.64. The number of nitrogens with zero attached hydrogens (tertiary/aromatic N) is 1. The minimum absolute atomic E-state index is 0.0581. The van der Waals surface area contributed by atoms with Crippen molar-refractivity contribution in [2.24, 2.45) is 11.8 Å². The number of ether oxygens (including phenoxy) is 1. The molecule has 1 N–H and O–H groups in total. The highest BCUT2D eigenvalue weighted by molar-refractivity contribution is 5.84. The van der Waals surface area contributed by atoms with Crippen LogP contribution in [0.3, 0.4) is 0 Å². The Morgan fingerprint density at radius 2 is 2.21 bits per heavy atom. The molecule has 19 heavy (non-hydrogen) atoms. The Morgan fingerprint density at radius 1 is 1.47 bits per heavy atom. The summed E-state index contributed by atoms with van der Waals surface area (Å²) in [5.41, 5.74) is 0. The van der Waals surface area contributed by atoms with Crippen molar-refractivity contribution in [2.45, 2.75) is 38.6 Å². The summed E-state index contributed by atoms with van der Waals surface area (Å²) < 4.78 is 5.11. The Bertz CT molecular complexity index is 332. The van der Waals surface area contributed by atoms with Gasteiger partial charge in [0.1, 0.15) is 0 Å². The minimum atomic E-state index is -0.0595. The monoisotopic (exact) mass is 268 g/mol. The third-order valence-electron chi connectivity index (χ3n) is 4.23. The summed E-state index contributed by atoms with van der Waals surface area (Å²) in [5.74, 6) is 0.828. The zero-order chi connectivity index (χ0) is 13.8. The molecule has 2 fully saturated rings. The van der Waals surface area contributed by atoms with Crippen LogP contribution in [0.4, 0.5) is 0 Å². The number of carbonyl (C=O) groups is 2. The van der Waals surface area contributed by atoms with Gasteiger partial charge in [-0.3, -0.25) is 9.59 Å². The maximum absolute atomic E-state index is 12.6. The number of methoxy groups -OCH3 is 1. The molecule has 0 aromatic heterocycles. The smallest absolute Gasteiger partial charge is 0.227 e. The lowest BCUT2D eigenvalue weighted by Gasteiger charge is -2.34. The molecule has 0 bridgehead atoms. The van der Waals surface area contributed by atoms with Gasteiger partial charge in [-0.1, -0.05) is 0 Å². The Kier molecular flexibility index (Phi) is 4.80. The van der Waals surface area contributed by atoms with Crippen LogP contribution in [0.2, 0.25) is 0 Å². The number of carbonyl (C=O) groups excluding carboxylic acids is 2. The van der Waals surface area contributed by atoms with E-state index in [-0.39, 0.29) is 17.7 Å². The van der Waals surface area contributed by atoms with E-state index in [4.69, 9.17) is 4.74 Å². The van der Waals surface area contributed by atoms with E-state index in [0.717, 1.165) is 0 Å². The largest absolute Gasteiger partial charge is 0.383 e. The highest BCUT2D eigenvalue weighted by Gasteiger charge is 2.37. The van der Waals surface area contributed by atoms with Gasteiger partial charge in [-0.25, -0.2) is 0 Å². The van der Waals surface area contributed by atoms with E-state index in [1.54, 1.807) is 7.11 Å². The highest BCUT2D eigenvalue weighted by atomic mass is 16.5. The van der Waals surface area contributed by atoms with Crippen LogP contribution in [-0.2, 0) is 14.3 Å². The SMILES string of the molecule is COCCN(C(=O)C1CCC(=O)NC1)C(C)C1CC1. The maximum atomic E-state index is 12.6. The van der Waals surface area contributed by atoms with E-state index in [0.29, 0.717) is 44.5 Å². The van der Waals surface area contributed by atoms with E-state index in [1.165, 1.54) is 12.8 Å². The van der Waals surface area contributed by atoms with E-state index in [2.05, 4.69) is 12.2 Å². The second kappa shape index (κ2) is 6.37.